The molecule has 0 fully saturated rings. The van der Waals surface area contributed by atoms with Gasteiger partial charge in [-0.05, 0) is 33.2 Å². The van der Waals surface area contributed by atoms with E-state index in [0.717, 1.165) is 18.0 Å². The Hall–Kier alpha value is -2.61. The van der Waals surface area contributed by atoms with E-state index in [1.165, 1.54) is 0 Å². The van der Waals surface area contributed by atoms with Crippen LogP contribution in [0.2, 0.25) is 0 Å². The number of aromatic nitrogens is 3. The van der Waals surface area contributed by atoms with Crippen LogP contribution >= 0.6 is 0 Å². The standard InChI is InChI=1S/C18H25N5O3/c1-4-22(10-9-21(2)3)18(24)15-12-23(20-19-15)11-14-13-25-16-7-5-6-8-17(16)26-14/h5-8,12,14H,4,9-11,13H2,1-3H3/t14-/m0/s1. The van der Waals surface area contributed by atoms with Gasteiger partial charge in [0.2, 0.25) is 0 Å². The van der Waals surface area contributed by atoms with E-state index in [-0.39, 0.29) is 12.0 Å². The predicted molar refractivity (Wildman–Crippen MR) is 96.5 cm³/mol. The molecule has 0 bridgehead atoms. The lowest BCUT2D eigenvalue weighted by Gasteiger charge is -2.26. The second-order valence-corrected chi connectivity index (χ2v) is 6.51. The highest BCUT2D eigenvalue weighted by atomic mass is 16.6. The van der Waals surface area contributed by atoms with Gasteiger partial charge in [0.25, 0.3) is 5.91 Å². The molecule has 0 saturated carbocycles. The zero-order chi connectivity index (χ0) is 18.5. The second kappa shape index (κ2) is 8.18. The highest BCUT2D eigenvalue weighted by Gasteiger charge is 2.23. The lowest BCUT2D eigenvalue weighted by Crippen LogP contribution is -2.36. The smallest absolute Gasteiger partial charge is 0.276 e. The quantitative estimate of drug-likeness (QED) is 0.738. The van der Waals surface area contributed by atoms with Crippen LogP contribution in [-0.4, -0.2) is 77.1 Å². The zero-order valence-corrected chi connectivity index (χ0v) is 15.5. The molecule has 140 valence electrons. The third kappa shape index (κ3) is 4.32. The van der Waals surface area contributed by atoms with Gasteiger partial charge in [-0.3, -0.25) is 4.79 Å². The first-order valence-corrected chi connectivity index (χ1v) is 8.79. The Morgan fingerprint density at radius 3 is 2.77 bits per heavy atom. The molecule has 1 aromatic heterocycles. The topological polar surface area (TPSA) is 72.7 Å². The Morgan fingerprint density at radius 1 is 1.27 bits per heavy atom. The molecule has 2 aromatic rings. The summed E-state index contributed by atoms with van der Waals surface area (Å²) >= 11 is 0. The summed E-state index contributed by atoms with van der Waals surface area (Å²) in [5, 5.41) is 8.11. The fraction of sp³-hybridized carbons (Fsp3) is 0.500. The SMILES string of the molecule is CCN(CCN(C)C)C(=O)c1cn(C[C@H]2COc3ccccc3O2)nn1. The van der Waals surface area contributed by atoms with Gasteiger partial charge < -0.3 is 19.3 Å². The summed E-state index contributed by atoms with van der Waals surface area (Å²) in [4.78, 5) is 16.4. The summed E-state index contributed by atoms with van der Waals surface area (Å²) in [6.45, 7) is 4.97. The molecule has 0 radical (unpaired) electrons. The summed E-state index contributed by atoms with van der Waals surface area (Å²) in [7, 11) is 3.97. The summed E-state index contributed by atoms with van der Waals surface area (Å²) < 4.78 is 13.3. The van der Waals surface area contributed by atoms with Crippen LogP contribution in [0.5, 0.6) is 11.5 Å². The van der Waals surface area contributed by atoms with Crippen molar-refractivity contribution in [3.63, 3.8) is 0 Å². The zero-order valence-electron chi connectivity index (χ0n) is 15.5. The first-order chi connectivity index (χ1) is 12.6. The van der Waals surface area contributed by atoms with Crippen molar-refractivity contribution in [1.29, 1.82) is 0 Å². The maximum absolute atomic E-state index is 12.6. The number of amides is 1. The number of rotatable bonds is 7. The molecule has 0 unspecified atom stereocenters. The van der Waals surface area contributed by atoms with E-state index >= 15 is 0 Å². The minimum atomic E-state index is -0.175. The number of carbonyl (C=O) groups excluding carboxylic acids is 1. The van der Waals surface area contributed by atoms with Gasteiger partial charge in [0.15, 0.2) is 23.3 Å². The van der Waals surface area contributed by atoms with Crippen LogP contribution in [0.4, 0.5) is 0 Å². The molecule has 1 atom stereocenters. The molecule has 1 aliphatic heterocycles. The van der Waals surface area contributed by atoms with Gasteiger partial charge in [-0.15, -0.1) is 5.10 Å². The largest absolute Gasteiger partial charge is 0.486 e. The fourth-order valence-corrected chi connectivity index (χ4v) is 2.73. The fourth-order valence-electron chi connectivity index (χ4n) is 2.73. The van der Waals surface area contributed by atoms with Gasteiger partial charge in [-0.1, -0.05) is 17.3 Å². The third-order valence-electron chi connectivity index (χ3n) is 4.20. The summed E-state index contributed by atoms with van der Waals surface area (Å²) in [6, 6.07) is 7.57. The van der Waals surface area contributed by atoms with Crippen molar-refractivity contribution in [2.75, 3.05) is 40.3 Å². The minimum Gasteiger partial charge on any atom is -0.486 e. The maximum atomic E-state index is 12.6. The highest BCUT2D eigenvalue weighted by Crippen LogP contribution is 2.31. The number of benzene rings is 1. The molecule has 0 N–H and O–H groups in total. The Bertz CT molecular complexity index is 746. The molecule has 2 heterocycles. The number of carbonyl (C=O) groups is 1. The van der Waals surface area contributed by atoms with Crippen LogP contribution in [0.25, 0.3) is 0 Å². The number of fused-ring (bicyclic) bond motifs is 1. The normalized spacial score (nSPS) is 15.9. The molecule has 1 aromatic carbocycles. The molecule has 1 aliphatic rings. The first kappa shape index (κ1) is 18.2. The van der Waals surface area contributed by atoms with Gasteiger partial charge in [-0.25, -0.2) is 4.68 Å². The number of hydrogen-bond acceptors (Lipinski definition) is 6. The van der Waals surface area contributed by atoms with Crippen molar-refractivity contribution in [2.24, 2.45) is 0 Å². The van der Waals surface area contributed by atoms with Crippen molar-refractivity contribution in [1.82, 2.24) is 24.8 Å². The predicted octanol–water partition coefficient (Wildman–Crippen LogP) is 1.14. The summed E-state index contributed by atoms with van der Waals surface area (Å²) in [6.07, 6.45) is 1.50. The third-order valence-corrected chi connectivity index (χ3v) is 4.20. The molecular formula is C18H25N5O3. The van der Waals surface area contributed by atoms with Crippen LogP contribution in [0, 0.1) is 0 Å². The van der Waals surface area contributed by atoms with Gasteiger partial charge in [0.05, 0.1) is 12.7 Å². The molecule has 8 heteroatoms. The van der Waals surface area contributed by atoms with E-state index in [0.29, 0.717) is 31.9 Å². The van der Waals surface area contributed by atoms with Gasteiger partial charge in [-0.2, -0.15) is 0 Å². The highest BCUT2D eigenvalue weighted by molar-refractivity contribution is 5.91. The van der Waals surface area contributed by atoms with Crippen LogP contribution in [0.3, 0.4) is 0 Å². The van der Waals surface area contributed by atoms with Crippen molar-refractivity contribution in [3.05, 3.63) is 36.2 Å². The number of likely N-dealkylation sites (N-methyl/N-ethyl adjacent to an activating group) is 2. The maximum Gasteiger partial charge on any atom is 0.276 e. The van der Waals surface area contributed by atoms with Crippen molar-refractivity contribution < 1.29 is 14.3 Å². The van der Waals surface area contributed by atoms with E-state index < -0.39 is 0 Å². The number of ether oxygens (including phenoxy) is 2. The van der Waals surface area contributed by atoms with E-state index in [9.17, 15) is 4.79 Å². The molecule has 0 spiro atoms. The lowest BCUT2D eigenvalue weighted by molar-refractivity contribution is 0.0743. The molecule has 0 aliphatic carbocycles. The van der Waals surface area contributed by atoms with Crippen molar-refractivity contribution in [3.8, 4) is 11.5 Å². The summed E-state index contributed by atoms with van der Waals surface area (Å²) in [5.74, 6) is 1.37. The van der Waals surface area contributed by atoms with E-state index in [2.05, 4.69) is 10.3 Å². The van der Waals surface area contributed by atoms with E-state index in [1.54, 1.807) is 15.8 Å². The van der Waals surface area contributed by atoms with E-state index in [1.807, 2.05) is 50.2 Å². The van der Waals surface area contributed by atoms with Crippen LogP contribution in [-0.2, 0) is 6.54 Å². The lowest BCUT2D eigenvalue weighted by atomic mass is 10.2. The Kier molecular flexibility index (Phi) is 5.72. The van der Waals surface area contributed by atoms with Gasteiger partial charge in [0, 0.05) is 19.6 Å². The Balaban J connectivity index is 1.60. The number of para-hydroxylation sites is 2. The molecular weight excluding hydrogens is 334 g/mol. The summed E-state index contributed by atoms with van der Waals surface area (Å²) in [5.41, 5.74) is 0.350. The minimum absolute atomic E-state index is 0.105. The molecule has 26 heavy (non-hydrogen) atoms. The molecule has 3 rings (SSSR count). The van der Waals surface area contributed by atoms with Crippen LogP contribution in [0.15, 0.2) is 30.5 Å². The van der Waals surface area contributed by atoms with Crippen LogP contribution < -0.4 is 9.47 Å². The average Bonchev–Trinajstić information content (AvgIpc) is 3.10. The number of nitrogens with zero attached hydrogens (tertiary/aromatic N) is 5. The van der Waals surface area contributed by atoms with Crippen LogP contribution in [0.1, 0.15) is 17.4 Å². The Morgan fingerprint density at radius 2 is 2.04 bits per heavy atom. The van der Waals surface area contributed by atoms with Gasteiger partial charge >= 0.3 is 0 Å². The van der Waals surface area contributed by atoms with E-state index in [4.69, 9.17) is 9.47 Å². The monoisotopic (exact) mass is 359 g/mol. The van der Waals surface area contributed by atoms with Crippen molar-refractivity contribution in [2.45, 2.75) is 19.6 Å². The Labute approximate surface area is 153 Å². The number of hydrogen-bond donors (Lipinski definition) is 0. The average molecular weight is 359 g/mol. The molecule has 0 saturated heterocycles. The molecule has 1 amide bonds. The molecule has 8 nitrogen and oxygen atoms in total. The second-order valence-electron chi connectivity index (χ2n) is 6.51. The first-order valence-electron chi connectivity index (χ1n) is 8.79. The van der Waals surface area contributed by atoms with Gasteiger partial charge in [0.1, 0.15) is 6.61 Å². The van der Waals surface area contributed by atoms with Crippen molar-refractivity contribution >= 4 is 5.91 Å².